The van der Waals surface area contributed by atoms with E-state index in [4.69, 9.17) is 0 Å². The summed E-state index contributed by atoms with van der Waals surface area (Å²) in [6.07, 6.45) is 2.71. The summed E-state index contributed by atoms with van der Waals surface area (Å²) in [6.45, 7) is 0. The van der Waals surface area contributed by atoms with Crippen LogP contribution in [0.2, 0.25) is 0 Å². The Morgan fingerprint density at radius 1 is 1.13 bits per heavy atom. The monoisotopic (exact) mass is 244 g/mol. The molecular formula is C7H5F5N2S. The maximum atomic E-state index is 12.3. The summed E-state index contributed by atoms with van der Waals surface area (Å²) in [6, 6.07) is -0.659. The van der Waals surface area contributed by atoms with Crippen LogP contribution in [0, 0.1) is 0 Å². The van der Waals surface area contributed by atoms with Crippen LogP contribution in [0.15, 0.2) is 33.1 Å². The van der Waals surface area contributed by atoms with Gasteiger partial charge in [-0.3, -0.25) is 4.99 Å². The molecule has 0 saturated carbocycles. The SMILES string of the molecule is FS(F)(F)(F)(F)C1=CC2=NC=N[C@H]2C=C1. The van der Waals surface area contributed by atoms with E-state index in [0.717, 1.165) is 12.4 Å². The highest BCUT2D eigenvalue weighted by atomic mass is 32.5. The lowest BCUT2D eigenvalue weighted by molar-refractivity contribution is 0.380. The first-order valence-corrected chi connectivity index (χ1v) is 5.75. The Morgan fingerprint density at radius 3 is 2.40 bits per heavy atom. The highest BCUT2D eigenvalue weighted by molar-refractivity contribution is 8.48. The molecule has 1 aliphatic carbocycles. The largest absolute Gasteiger partial charge is 0.310 e. The molecule has 0 spiro atoms. The van der Waals surface area contributed by atoms with Crippen molar-refractivity contribution in [2.45, 2.75) is 6.04 Å². The molecule has 15 heavy (non-hydrogen) atoms. The molecule has 0 N–H and O–H groups in total. The predicted octanol–water partition coefficient (Wildman–Crippen LogP) is 3.59. The Bertz CT molecular complexity index is 441. The molecule has 0 amide bonds. The van der Waals surface area contributed by atoms with Crippen molar-refractivity contribution in [2.24, 2.45) is 9.98 Å². The fourth-order valence-corrected chi connectivity index (χ4v) is 1.89. The summed E-state index contributed by atoms with van der Waals surface area (Å²) in [5, 5.41) is 0. The number of rotatable bonds is 1. The number of allylic oxidation sites excluding steroid dienone is 1. The smallest absolute Gasteiger partial charge is 0.260 e. The maximum Gasteiger partial charge on any atom is 0.310 e. The first kappa shape index (κ1) is 10.3. The number of aliphatic imine (C=N–C) groups is 2. The minimum atomic E-state index is -9.58. The van der Waals surface area contributed by atoms with Crippen molar-refractivity contribution in [2.75, 3.05) is 0 Å². The molecule has 1 atom stereocenters. The molecule has 2 aliphatic rings. The molecule has 0 saturated heterocycles. The van der Waals surface area contributed by atoms with Gasteiger partial charge in [-0.25, -0.2) is 4.99 Å². The highest BCUT2D eigenvalue weighted by Crippen LogP contribution is 3.02. The number of hydrogen-bond acceptors (Lipinski definition) is 2. The predicted molar refractivity (Wildman–Crippen MR) is 50.1 cm³/mol. The average Bonchev–Trinajstić information content (AvgIpc) is 2.45. The van der Waals surface area contributed by atoms with Gasteiger partial charge in [0.05, 0.1) is 5.71 Å². The Labute approximate surface area is 81.6 Å². The van der Waals surface area contributed by atoms with Crippen LogP contribution in [0.3, 0.4) is 0 Å². The van der Waals surface area contributed by atoms with Crippen LogP contribution in [0.25, 0.3) is 0 Å². The van der Waals surface area contributed by atoms with Crippen LogP contribution in [-0.2, 0) is 0 Å². The Balaban J connectivity index is 2.49. The minimum absolute atomic E-state index is 0.110. The summed E-state index contributed by atoms with van der Waals surface area (Å²) in [5.41, 5.74) is -0.110. The number of fused-ring (bicyclic) bond motifs is 1. The molecule has 0 fully saturated rings. The van der Waals surface area contributed by atoms with Crippen LogP contribution in [-0.4, -0.2) is 18.1 Å². The summed E-state index contributed by atoms with van der Waals surface area (Å²) < 4.78 is 61.7. The van der Waals surface area contributed by atoms with Gasteiger partial charge in [0.1, 0.15) is 17.3 Å². The fourth-order valence-electron chi connectivity index (χ4n) is 1.22. The third-order valence-corrected chi connectivity index (χ3v) is 3.06. The quantitative estimate of drug-likeness (QED) is 0.630. The molecule has 0 aromatic carbocycles. The molecule has 2 rings (SSSR count). The molecule has 84 valence electrons. The lowest BCUT2D eigenvalue weighted by atomic mass is 10.1. The zero-order chi connectivity index (χ0) is 11.4. The van der Waals surface area contributed by atoms with E-state index in [1.54, 1.807) is 0 Å². The molecule has 1 aliphatic heterocycles. The van der Waals surface area contributed by atoms with E-state index in [9.17, 15) is 19.4 Å². The molecular weight excluding hydrogens is 239 g/mol. The van der Waals surface area contributed by atoms with E-state index in [-0.39, 0.29) is 5.71 Å². The Kier molecular flexibility index (Phi) is 1.49. The second-order valence-corrected chi connectivity index (χ2v) is 5.55. The van der Waals surface area contributed by atoms with Gasteiger partial charge in [-0.1, -0.05) is 25.5 Å². The highest BCUT2D eigenvalue weighted by Gasteiger charge is 2.66. The van der Waals surface area contributed by atoms with Gasteiger partial charge in [0.15, 0.2) is 0 Å². The molecule has 0 aromatic rings. The first-order chi connectivity index (χ1) is 6.56. The van der Waals surface area contributed by atoms with Gasteiger partial charge in [0.25, 0.3) is 0 Å². The lowest BCUT2D eigenvalue weighted by Crippen LogP contribution is -2.18. The van der Waals surface area contributed by atoms with Gasteiger partial charge in [-0.2, -0.15) is 0 Å². The fraction of sp³-hybridized carbons (Fsp3) is 0.143. The second-order valence-electron chi connectivity index (χ2n) is 3.14. The van der Waals surface area contributed by atoms with Gasteiger partial charge in [-0.05, 0) is 12.2 Å². The van der Waals surface area contributed by atoms with Crippen LogP contribution in [0.5, 0.6) is 0 Å². The van der Waals surface area contributed by atoms with Crippen molar-refractivity contribution in [3.63, 3.8) is 0 Å². The van der Waals surface area contributed by atoms with E-state index in [2.05, 4.69) is 9.98 Å². The molecule has 0 unspecified atom stereocenters. The van der Waals surface area contributed by atoms with Gasteiger partial charge in [0.2, 0.25) is 0 Å². The first-order valence-electron chi connectivity index (χ1n) is 3.80. The molecule has 2 nitrogen and oxygen atoms in total. The van der Waals surface area contributed by atoms with Crippen LogP contribution >= 0.6 is 10.2 Å². The lowest BCUT2D eigenvalue weighted by Gasteiger charge is -2.42. The van der Waals surface area contributed by atoms with Crippen LogP contribution in [0.1, 0.15) is 0 Å². The Hall–Kier alpha value is -1.18. The van der Waals surface area contributed by atoms with Crippen molar-refractivity contribution < 1.29 is 19.4 Å². The third-order valence-electron chi connectivity index (χ3n) is 1.92. The van der Waals surface area contributed by atoms with Crippen LogP contribution in [0.4, 0.5) is 19.4 Å². The molecule has 0 bridgehead atoms. The molecule has 1 heterocycles. The molecule has 8 heteroatoms. The average molecular weight is 244 g/mol. The zero-order valence-electron chi connectivity index (χ0n) is 7.08. The normalized spacial score (nSPS) is 29.0. The summed E-state index contributed by atoms with van der Waals surface area (Å²) in [4.78, 5) is 5.21. The van der Waals surface area contributed by atoms with Crippen molar-refractivity contribution in [1.29, 1.82) is 0 Å². The Morgan fingerprint density at radius 2 is 1.80 bits per heavy atom. The minimum Gasteiger partial charge on any atom is -0.260 e. The van der Waals surface area contributed by atoms with Gasteiger partial charge >= 0.3 is 10.2 Å². The van der Waals surface area contributed by atoms with Crippen molar-refractivity contribution in [1.82, 2.24) is 0 Å². The van der Waals surface area contributed by atoms with Crippen LogP contribution < -0.4 is 0 Å². The van der Waals surface area contributed by atoms with Crippen molar-refractivity contribution in [3.05, 3.63) is 23.1 Å². The van der Waals surface area contributed by atoms with Crippen molar-refractivity contribution >= 4 is 22.3 Å². The second kappa shape index (κ2) is 2.16. The summed E-state index contributed by atoms with van der Waals surface area (Å²) in [5.74, 6) is 0. The van der Waals surface area contributed by atoms with Gasteiger partial charge < -0.3 is 0 Å². The summed E-state index contributed by atoms with van der Waals surface area (Å²) in [7, 11) is -9.58. The van der Waals surface area contributed by atoms with E-state index >= 15 is 0 Å². The number of halogens is 5. The van der Waals surface area contributed by atoms with Gasteiger partial charge in [0, 0.05) is 0 Å². The molecule has 0 radical (unpaired) electrons. The molecule has 0 aromatic heterocycles. The number of nitrogens with zero attached hydrogens (tertiary/aromatic N) is 2. The van der Waals surface area contributed by atoms with E-state index in [0.29, 0.717) is 12.2 Å². The van der Waals surface area contributed by atoms with E-state index in [1.807, 2.05) is 0 Å². The third kappa shape index (κ3) is 1.94. The standard InChI is InChI=1S/C7H5F5N2S/c8-15(9,10,11,12)5-1-2-6-7(3-5)14-4-13-6/h1-4,6H/t6-/m0/s1. The summed E-state index contributed by atoms with van der Waals surface area (Å²) >= 11 is 0. The van der Waals surface area contributed by atoms with E-state index < -0.39 is 21.2 Å². The van der Waals surface area contributed by atoms with E-state index in [1.165, 1.54) is 0 Å². The number of hydrogen-bond donors (Lipinski definition) is 0. The van der Waals surface area contributed by atoms with Gasteiger partial charge in [-0.15, -0.1) is 0 Å². The van der Waals surface area contributed by atoms with Crippen molar-refractivity contribution in [3.8, 4) is 0 Å². The zero-order valence-corrected chi connectivity index (χ0v) is 7.90. The maximum absolute atomic E-state index is 12.3. The topological polar surface area (TPSA) is 24.7 Å².